The fraction of sp³-hybridized carbons (Fsp3) is 0.0423. The second kappa shape index (κ2) is 17.7. The number of fused-ring (bicyclic) bond motifs is 6. The lowest BCUT2D eigenvalue weighted by Crippen LogP contribution is -2.17. The smallest absolute Gasteiger partial charge is 0.0624 e. The van der Waals surface area contributed by atoms with Crippen molar-refractivity contribution < 1.29 is 0 Å². The van der Waals surface area contributed by atoms with Gasteiger partial charge in [0.25, 0.3) is 0 Å². The van der Waals surface area contributed by atoms with Crippen LogP contribution in [0.25, 0.3) is 99.4 Å². The molecule has 0 atom stereocenters. The molecule has 0 amide bonds. The Morgan fingerprint density at radius 1 is 0.250 bits per heavy atom. The minimum atomic E-state index is -0.177. The van der Waals surface area contributed by atoms with Crippen LogP contribution in [-0.2, 0) is 5.41 Å². The Labute approximate surface area is 422 Å². The van der Waals surface area contributed by atoms with Gasteiger partial charge in [-0.3, -0.25) is 0 Å². The average molecular weight is 918 g/mol. The van der Waals surface area contributed by atoms with Gasteiger partial charge in [-0.2, -0.15) is 0 Å². The van der Waals surface area contributed by atoms with Gasteiger partial charge in [0.15, 0.2) is 0 Å². The molecule has 0 radical (unpaired) electrons. The van der Waals surface area contributed by atoms with Gasteiger partial charge < -0.3 is 4.90 Å². The fourth-order valence-corrected chi connectivity index (χ4v) is 11.4. The van der Waals surface area contributed by atoms with Crippen LogP contribution in [0.1, 0.15) is 25.0 Å². The van der Waals surface area contributed by atoms with Crippen LogP contribution in [0.4, 0.5) is 17.1 Å². The maximum absolute atomic E-state index is 2.54. The first kappa shape index (κ1) is 43.0. The predicted molar refractivity (Wildman–Crippen MR) is 306 cm³/mol. The molecule has 0 unspecified atom stereocenters. The molecule has 72 heavy (non-hydrogen) atoms. The molecular formula is C71H51N. The zero-order chi connectivity index (χ0) is 48.2. The van der Waals surface area contributed by atoms with E-state index in [1.807, 2.05) is 0 Å². The third-order valence-corrected chi connectivity index (χ3v) is 15.1. The molecule has 0 aromatic heterocycles. The predicted octanol–water partition coefficient (Wildman–Crippen LogP) is 19.8. The molecule has 0 saturated heterocycles. The molecule has 1 heteroatoms. The van der Waals surface area contributed by atoms with E-state index in [1.54, 1.807) is 0 Å². The Kier molecular flexibility index (Phi) is 10.6. The average Bonchev–Trinajstić information content (AvgIpc) is 3.69. The largest absolute Gasteiger partial charge is 0.309 e. The van der Waals surface area contributed by atoms with E-state index in [0.29, 0.717) is 0 Å². The molecular weight excluding hydrogens is 867 g/mol. The second-order valence-corrected chi connectivity index (χ2v) is 19.6. The van der Waals surface area contributed by atoms with Crippen molar-refractivity contribution in [1.29, 1.82) is 0 Å². The molecule has 0 fully saturated rings. The van der Waals surface area contributed by atoms with Crippen molar-refractivity contribution in [2.75, 3.05) is 4.90 Å². The number of nitrogens with zero attached hydrogens (tertiary/aromatic N) is 1. The zero-order valence-corrected chi connectivity index (χ0v) is 40.4. The standard InChI is InChI=1S/C71H51N/c1-71(2)67-33-14-13-30-63(67)64-43-42-60(47-68(64)71)72(59-40-38-51(39-41-59)50-34-36-52(37-35-50)55-24-15-22-53(44-55)48-18-5-3-6-19-48)70-66-32-12-10-29-62(66)61-28-9-11-31-65(61)69(70)58-27-17-26-57(46-58)56-25-16-23-54(45-56)49-20-7-4-8-21-49/h3-47H,1-2H3. The lowest BCUT2D eigenvalue weighted by molar-refractivity contribution is 0.660. The highest BCUT2D eigenvalue weighted by Crippen LogP contribution is 2.54. The summed E-state index contributed by atoms with van der Waals surface area (Å²) in [6.07, 6.45) is 0. The number of rotatable bonds is 9. The molecule has 1 aliphatic carbocycles. The second-order valence-electron chi connectivity index (χ2n) is 19.6. The highest BCUT2D eigenvalue weighted by atomic mass is 15.1. The summed E-state index contributed by atoms with van der Waals surface area (Å²) in [6, 6.07) is 101. The molecule has 0 saturated carbocycles. The number of hydrogen-bond donors (Lipinski definition) is 0. The van der Waals surface area contributed by atoms with Gasteiger partial charge in [-0.25, -0.2) is 0 Å². The Morgan fingerprint density at radius 3 is 1.21 bits per heavy atom. The zero-order valence-electron chi connectivity index (χ0n) is 40.4. The topological polar surface area (TPSA) is 3.24 Å². The summed E-state index contributed by atoms with van der Waals surface area (Å²) in [5, 5.41) is 4.87. The van der Waals surface area contributed by atoms with Crippen LogP contribution in [0.15, 0.2) is 273 Å². The van der Waals surface area contributed by atoms with Crippen molar-refractivity contribution in [1.82, 2.24) is 0 Å². The van der Waals surface area contributed by atoms with Crippen LogP contribution < -0.4 is 4.90 Å². The summed E-state index contributed by atoms with van der Waals surface area (Å²) >= 11 is 0. The van der Waals surface area contributed by atoms with Gasteiger partial charge in [0, 0.05) is 27.7 Å². The van der Waals surface area contributed by atoms with E-state index in [-0.39, 0.29) is 5.41 Å². The lowest BCUT2D eigenvalue weighted by Gasteiger charge is -2.32. The summed E-state index contributed by atoms with van der Waals surface area (Å²) in [6.45, 7) is 4.75. The molecule has 1 nitrogen and oxygen atoms in total. The SMILES string of the molecule is CC1(C)c2ccccc2-c2ccc(N(c3ccc(-c4ccc(-c5cccc(-c6ccccc6)c5)cc4)cc3)c3c(-c4cccc(-c5cccc(-c6ccccc6)c5)c4)c4ccccc4c4ccccc34)cc21. The Hall–Kier alpha value is -9.04. The van der Waals surface area contributed by atoms with Crippen LogP contribution in [0.3, 0.4) is 0 Å². The quantitative estimate of drug-likeness (QED) is 0.130. The highest BCUT2D eigenvalue weighted by Gasteiger charge is 2.36. The molecule has 12 aromatic carbocycles. The van der Waals surface area contributed by atoms with Gasteiger partial charge in [-0.15, -0.1) is 0 Å². The molecule has 340 valence electrons. The minimum absolute atomic E-state index is 0.177. The summed E-state index contributed by atoms with van der Waals surface area (Å²) < 4.78 is 0. The van der Waals surface area contributed by atoms with Crippen LogP contribution >= 0.6 is 0 Å². The fourth-order valence-electron chi connectivity index (χ4n) is 11.4. The van der Waals surface area contributed by atoms with Gasteiger partial charge in [-0.05, 0) is 142 Å². The minimum Gasteiger partial charge on any atom is -0.309 e. The molecule has 0 bridgehead atoms. The van der Waals surface area contributed by atoms with Gasteiger partial charge in [0.2, 0.25) is 0 Å². The van der Waals surface area contributed by atoms with Crippen molar-refractivity contribution in [2.45, 2.75) is 19.3 Å². The van der Waals surface area contributed by atoms with E-state index in [0.717, 1.165) is 17.1 Å². The van der Waals surface area contributed by atoms with Crippen molar-refractivity contribution in [2.24, 2.45) is 0 Å². The van der Waals surface area contributed by atoms with Gasteiger partial charge in [-0.1, -0.05) is 244 Å². The van der Waals surface area contributed by atoms with Crippen molar-refractivity contribution in [3.8, 4) is 77.9 Å². The molecule has 0 N–H and O–H groups in total. The first-order valence-corrected chi connectivity index (χ1v) is 25.1. The Balaban J connectivity index is 0.985. The highest BCUT2D eigenvalue weighted by molar-refractivity contribution is 6.22. The number of anilines is 3. The first-order valence-electron chi connectivity index (χ1n) is 25.1. The maximum Gasteiger partial charge on any atom is 0.0624 e. The van der Waals surface area contributed by atoms with Crippen LogP contribution in [0.5, 0.6) is 0 Å². The molecule has 1 aliphatic rings. The van der Waals surface area contributed by atoms with E-state index in [4.69, 9.17) is 0 Å². The van der Waals surface area contributed by atoms with Crippen molar-refractivity contribution in [3.63, 3.8) is 0 Å². The van der Waals surface area contributed by atoms with Crippen LogP contribution in [-0.4, -0.2) is 0 Å². The monoisotopic (exact) mass is 917 g/mol. The van der Waals surface area contributed by atoms with Crippen molar-refractivity contribution in [3.05, 3.63) is 284 Å². The lowest BCUT2D eigenvalue weighted by atomic mass is 9.82. The van der Waals surface area contributed by atoms with Gasteiger partial charge in [0.1, 0.15) is 0 Å². The van der Waals surface area contributed by atoms with E-state index in [9.17, 15) is 0 Å². The Morgan fingerprint density at radius 2 is 0.625 bits per heavy atom. The summed E-state index contributed by atoms with van der Waals surface area (Å²) in [4.78, 5) is 2.54. The van der Waals surface area contributed by atoms with E-state index in [2.05, 4.69) is 292 Å². The maximum atomic E-state index is 2.54. The van der Waals surface area contributed by atoms with E-state index >= 15 is 0 Å². The molecule has 13 rings (SSSR count). The van der Waals surface area contributed by atoms with E-state index < -0.39 is 0 Å². The number of hydrogen-bond acceptors (Lipinski definition) is 1. The van der Waals surface area contributed by atoms with Crippen LogP contribution in [0.2, 0.25) is 0 Å². The molecule has 0 aliphatic heterocycles. The molecule has 12 aromatic rings. The third kappa shape index (κ3) is 7.50. The number of benzene rings is 12. The van der Waals surface area contributed by atoms with Gasteiger partial charge in [0.05, 0.1) is 5.69 Å². The summed E-state index contributed by atoms with van der Waals surface area (Å²) in [5.41, 5.74) is 22.9. The normalized spacial score (nSPS) is 12.4. The first-order chi connectivity index (χ1) is 35.5. The summed E-state index contributed by atoms with van der Waals surface area (Å²) in [7, 11) is 0. The Bertz CT molecular complexity index is 3980. The summed E-state index contributed by atoms with van der Waals surface area (Å²) in [5.74, 6) is 0. The van der Waals surface area contributed by atoms with Gasteiger partial charge >= 0.3 is 0 Å². The molecule has 0 spiro atoms. The van der Waals surface area contributed by atoms with Crippen molar-refractivity contribution >= 4 is 38.6 Å². The van der Waals surface area contributed by atoms with E-state index in [1.165, 1.54) is 111 Å². The van der Waals surface area contributed by atoms with Crippen LogP contribution in [0, 0.1) is 0 Å². The molecule has 0 heterocycles. The third-order valence-electron chi connectivity index (χ3n) is 15.1.